The van der Waals surface area contributed by atoms with Crippen molar-refractivity contribution in [1.82, 2.24) is 10.2 Å². The van der Waals surface area contributed by atoms with Crippen LogP contribution in [0.3, 0.4) is 0 Å². The van der Waals surface area contributed by atoms with E-state index in [9.17, 15) is 13.2 Å². The number of aryl methyl sites for hydroxylation is 1. The van der Waals surface area contributed by atoms with Crippen LogP contribution in [-0.2, 0) is 9.84 Å². The number of sulfone groups is 1. The van der Waals surface area contributed by atoms with Gasteiger partial charge in [-0.3, -0.25) is 9.69 Å². The molecule has 1 fully saturated rings. The zero-order valence-electron chi connectivity index (χ0n) is 18.5. The number of halogens is 1. The molecule has 6 nitrogen and oxygen atoms in total. The maximum absolute atomic E-state index is 12.8. The Morgan fingerprint density at radius 2 is 1.67 bits per heavy atom. The molecule has 1 aromatic heterocycles. The van der Waals surface area contributed by atoms with Crippen LogP contribution in [0.25, 0.3) is 0 Å². The number of carbonyl (C=O) groups is 1. The maximum Gasteiger partial charge on any atom is 0.287 e. The third-order valence-corrected chi connectivity index (χ3v) is 8.11. The molecule has 1 atom stereocenters. The number of hydrogen-bond donors (Lipinski definition) is 1. The van der Waals surface area contributed by atoms with E-state index in [2.05, 4.69) is 57.3 Å². The minimum atomic E-state index is -3.84. The van der Waals surface area contributed by atoms with Crippen molar-refractivity contribution in [3.05, 3.63) is 82.0 Å². The number of nitrogens with one attached hydrogen (secondary N) is 1. The van der Waals surface area contributed by atoms with Crippen molar-refractivity contribution in [2.45, 2.75) is 42.2 Å². The minimum Gasteiger partial charge on any atom is -0.439 e. The van der Waals surface area contributed by atoms with Crippen LogP contribution in [0.1, 0.15) is 47.0 Å². The summed E-state index contributed by atoms with van der Waals surface area (Å²) in [6, 6.07) is 17.4. The molecule has 1 amide bonds. The van der Waals surface area contributed by atoms with Crippen molar-refractivity contribution >= 4 is 31.7 Å². The highest BCUT2D eigenvalue weighted by molar-refractivity contribution is 9.10. The lowest BCUT2D eigenvalue weighted by Crippen LogP contribution is -2.40. The molecule has 1 N–H and O–H groups in total. The third kappa shape index (κ3) is 5.57. The maximum atomic E-state index is 12.8. The van der Waals surface area contributed by atoms with Gasteiger partial charge in [0, 0.05) is 11.0 Å². The van der Waals surface area contributed by atoms with Crippen molar-refractivity contribution < 1.29 is 17.6 Å². The SMILES string of the molecule is Cc1ccc(C(CNC(=O)c2ccc(S(=O)(=O)c3ccc(Br)cc3)o2)N2CCCCC2)cc1. The van der Waals surface area contributed by atoms with Gasteiger partial charge in [-0.2, -0.15) is 0 Å². The monoisotopic (exact) mass is 530 g/mol. The highest BCUT2D eigenvalue weighted by atomic mass is 79.9. The Morgan fingerprint density at radius 1 is 1.00 bits per heavy atom. The number of benzene rings is 2. The van der Waals surface area contributed by atoms with E-state index in [1.54, 1.807) is 12.1 Å². The second-order valence-electron chi connectivity index (χ2n) is 8.31. The predicted molar refractivity (Wildman–Crippen MR) is 130 cm³/mol. The molecule has 0 saturated carbocycles. The number of piperidine rings is 1. The molecule has 0 radical (unpaired) electrons. The van der Waals surface area contributed by atoms with Crippen molar-refractivity contribution in [3.63, 3.8) is 0 Å². The van der Waals surface area contributed by atoms with Crippen molar-refractivity contribution in [3.8, 4) is 0 Å². The molecular formula is C25H27BrN2O4S. The lowest BCUT2D eigenvalue weighted by molar-refractivity contribution is 0.0892. The molecule has 8 heteroatoms. The Hall–Kier alpha value is -2.42. The molecule has 0 aliphatic carbocycles. The third-order valence-electron chi connectivity index (χ3n) is 5.94. The Balaban J connectivity index is 1.48. The first-order chi connectivity index (χ1) is 15.8. The molecule has 3 aromatic rings. The fourth-order valence-electron chi connectivity index (χ4n) is 4.07. The molecule has 0 spiro atoms. The molecule has 1 aliphatic heterocycles. The van der Waals surface area contributed by atoms with E-state index in [0.29, 0.717) is 6.54 Å². The normalized spacial score (nSPS) is 15.8. The Kier molecular flexibility index (Phi) is 7.36. The second-order valence-corrected chi connectivity index (χ2v) is 11.1. The van der Waals surface area contributed by atoms with Gasteiger partial charge in [0.15, 0.2) is 5.76 Å². The van der Waals surface area contributed by atoms with Crippen LogP contribution in [-0.4, -0.2) is 38.9 Å². The first-order valence-corrected chi connectivity index (χ1v) is 13.3. The highest BCUT2D eigenvalue weighted by Gasteiger charge is 2.26. The fourth-order valence-corrected chi connectivity index (χ4v) is 5.51. The van der Waals surface area contributed by atoms with E-state index in [1.807, 2.05) is 0 Å². The van der Waals surface area contributed by atoms with Crippen molar-refractivity contribution in [1.29, 1.82) is 0 Å². The summed E-state index contributed by atoms with van der Waals surface area (Å²) in [6.45, 7) is 4.45. The standard InChI is InChI=1S/C25H27BrN2O4S/c1-18-5-7-19(8-6-18)22(28-15-3-2-4-16-28)17-27-25(29)23-13-14-24(32-23)33(30,31)21-11-9-20(26)10-12-21/h5-14,22H,2-4,15-17H2,1H3,(H,27,29). The van der Waals surface area contributed by atoms with Crippen LogP contribution in [0.15, 0.2) is 79.5 Å². The summed E-state index contributed by atoms with van der Waals surface area (Å²) in [5.41, 5.74) is 2.34. The molecule has 4 rings (SSSR count). The average Bonchev–Trinajstić information content (AvgIpc) is 3.33. The molecule has 1 aliphatic rings. The summed E-state index contributed by atoms with van der Waals surface area (Å²) in [6.07, 6.45) is 3.52. The zero-order valence-corrected chi connectivity index (χ0v) is 20.9. The Morgan fingerprint density at radius 3 is 2.33 bits per heavy atom. The largest absolute Gasteiger partial charge is 0.439 e. The number of amides is 1. The number of furan rings is 1. The first kappa shape index (κ1) is 23.7. The smallest absolute Gasteiger partial charge is 0.287 e. The van der Waals surface area contributed by atoms with Crippen LogP contribution in [0, 0.1) is 6.92 Å². The molecule has 174 valence electrons. The van der Waals surface area contributed by atoms with Gasteiger partial charge in [0.25, 0.3) is 5.91 Å². The molecule has 1 saturated heterocycles. The fraction of sp³-hybridized carbons (Fsp3) is 0.320. The molecule has 1 unspecified atom stereocenters. The minimum absolute atomic E-state index is 0.0213. The van der Waals surface area contributed by atoms with Crippen molar-refractivity contribution in [2.24, 2.45) is 0 Å². The average molecular weight is 531 g/mol. The highest BCUT2D eigenvalue weighted by Crippen LogP contribution is 2.26. The Labute approximate surface area is 203 Å². The number of nitrogens with zero attached hydrogens (tertiary/aromatic N) is 1. The summed E-state index contributed by atoms with van der Waals surface area (Å²) in [5.74, 6) is -0.451. The van der Waals surface area contributed by atoms with E-state index >= 15 is 0 Å². The Bertz CT molecular complexity index is 1200. The quantitative estimate of drug-likeness (QED) is 0.457. The van der Waals surface area contributed by atoms with Gasteiger partial charge in [0.05, 0.1) is 10.9 Å². The summed E-state index contributed by atoms with van der Waals surface area (Å²) < 4.78 is 31.9. The van der Waals surface area contributed by atoms with Gasteiger partial charge in [0.1, 0.15) is 0 Å². The number of rotatable bonds is 7. The van der Waals surface area contributed by atoms with Gasteiger partial charge < -0.3 is 9.73 Å². The lowest BCUT2D eigenvalue weighted by Gasteiger charge is -2.35. The summed E-state index contributed by atoms with van der Waals surface area (Å²) in [7, 11) is -3.84. The van der Waals surface area contributed by atoms with E-state index in [4.69, 9.17) is 4.42 Å². The van der Waals surface area contributed by atoms with Crippen molar-refractivity contribution in [2.75, 3.05) is 19.6 Å². The topological polar surface area (TPSA) is 79.6 Å². The van der Waals surface area contributed by atoms with E-state index in [-0.39, 0.29) is 21.8 Å². The van der Waals surface area contributed by atoms with Crippen LogP contribution in [0.2, 0.25) is 0 Å². The second kappa shape index (κ2) is 10.2. The summed E-state index contributed by atoms with van der Waals surface area (Å²) in [4.78, 5) is 15.3. The van der Waals surface area contributed by atoms with Crippen LogP contribution in [0.5, 0.6) is 0 Å². The first-order valence-electron chi connectivity index (χ1n) is 11.0. The number of carbonyl (C=O) groups excluding carboxylic acids is 1. The zero-order chi connectivity index (χ0) is 23.4. The molecule has 2 aromatic carbocycles. The van der Waals surface area contributed by atoms with Gasteiger partial charge in [-0.25, -0.2) is 8.42 Å². The van der Waals surface area contributed by atoms with Crippen LogP contribution >= 0.6 is 15.9 Å². The predicted octanol–water partition coefficient (Wildman–Crippen LogP) is 5.14. The van der Waals surface area contributed by atoms with E-state index in [0.717, 1.165) is 36.0 Å². The van der Waals surface area contributed by atoms with Gasteiger partial charge >= 0.3 is 0 Å². The van der Waals surface area contributed by atoms with E-state index < -0.39 is 15.7 Å². The van der Waals surface area contributed by atoms with Gasteiger partial charge in [-0.1, -0.05) is 52.2 Å². The summed E-state index contributed by atoms with van der Waals surface area (Å²) >= 11 is 3.29. The van der Waals surface area contributed by atoms with Crippen LogP contribution in [0.4, 0.5) is 0 Å². The molecular weight excluding hydrogens is 504 g/mol. The number of hydrogen-bond acceptors (Lipinski definition) is 5. The van der Waals surface area contributed by atoms with Gasteiger partial charge in [-0.15, -0.1) is 0 Å². The molecule has 0 bridgehead atoms. The van der Waals surface area contributed by atoms with Gasteiger partial charge in [-0.05, 0) is 74.8 Å². The lowest BCUT2D eigenvalue weighted by atomic mass is 10.0. The van der Waals surface area contributed by atoms with E-state index in [1.165, 1.54) is 36.2 Å². The van der Waals surface area contributed by atoms with Gasteiger partial charge in [0.2, 0.25) is 14.9 Å². The number of likely N-dealkylation sites (tertiary alicyclic amines) is 1. The molecule has 2 heterocycles. The summed E-state index contributed by atoms with van der Waals surface area (Å²) in [5, 5.41) is 2.70. The molecule has 33 heavy (non-hydrogen) atoms. The van der Waals surface area contributed by atoms with Crippen LogP contribution < -0.4 is 5.32 Å².